The Morgan fingerprint density at radius 2 is 2.33 bits per heavy atom. The molecule has 0 aliphatic heterocycles. The van der Waals surface area contributed by atoms with E-state index < -0.39 is 4.92 Å². The Hall–Kier alpha value is -1.21. The molecule has 7 heteroatoms. The lowest BCUT2D eigenvalue weighted by Crippen LogP contribution is -2.42. The van der Waals surface area contributed by atoms with Crippen molar-refractivity contribution in [2.24, 2.45) is 0 Å². The first-order valence-electron chi connectivity index (χ1n) is 5.81. The van der Waals surface area contributed by atoms with Gasteiger partial charge in [-0.15, -0.1) is 0 Å². The number of anilines is 1. The highest BCUT2D eigenvalue weighted by Gasteiger charge is 2.30. The predicted molar refractivity (Wildman–Crippen MR) is 70.7 cm³/mol. The highest BCUT2D eigenvalue weighted by atomic mass is 79.9. The lowest BCUT2D eigenvalue weighted by atomic mass is 9.91. The maximum Gasteiger partial charge on any atom is 0.312 e. The molecule has 0 saturated heterocycles. The maximum absolute atomic E-state index is 11.1. The van der Waals surface area contributed by atoms with E-state index in [0.717, 1.165) is 19.3 Å². The van der Waals surface area contributed by atoms with Crippen LogP contribution >= 0.6 is 15.9 Å². The molecule has 6 nitrogen and oxygen atoms in total. The molecule has 1 aliphatic carbocycles. The molecule has 0 spiro atoms. The van der Waals surface area contributed by atoms with Crippen LogP contribution in [0.3, 0.4) is 0 Å². The minimum Gasteiger partial charge on any atom is -0.395 e. The molecule has 1 heterocycles. The Morgan fingerprint density at radius 1 is 1.61 bits per heavy atom. The van der Waals surface area contributed by atoms with Crippen molar-refractivity contribution in [1.82, 2.24) is 4.98 Å². The van der Waals surface area contributed by atoms with Crippen molar-refractivity contribution in [3.8, 4) is 0 Å². The van der Waals surface area contributed by atoms with E-state index in [0.29, 0.717) is 16.8 Å². The summed E-state index contributed by atoms with van der Waals surface area (Å²) in [7, 11) is 0. The largest absolute Gasteiger partial charge is 0.395 e. The number of hydrogen-bond donors (Lipinski definition) is 1. The predicted octanol–water partition coefficient (Wildman–Crippen LogP) is 2.10. The fourth-order valence-corrected chi connectivity index (χ4v) is 2.36. The van der Waals surface area contributed by atoms with E-state index in [1.807, 2.05) is 4.90 Å². The van der Waals surface area contributed by atoms with Crippen LogP contribution in [0.4, 0.5) is 11.5 Å². The second-order valence-electron chi connectivity index (χ2n) is 4.26. The fourth-order valence-electron chi connectivity index (χ4n) is 2.04. The summed E-state index contributed by atoms with van der Waals surface area (Å²) in [6.45, 7) is 0.339. The zero-order valence-corrected chi connectivity index (χ0v) is 11.3. The molecule has 1 saturated carbocycles. The number of rotatable bonds is 5. The van der Waals surface area contributed by atoms with E-state index in [4.69, 9.17) is 5.11 Å². The summed E-state index contributed by atoms with van der Waals surface area (Å²) in [5.74, 6) is 0.349. The Balaban J connectivity index is 2.36. The quantitative estimate of drug-likeness (QED) is 0.665. The normalized spacial score (nSPS) is 15.2. The van der Waals surface area contributed by atoms with Crippen LogP contribution in [0, 0.1) is 10.1 Å². The van der Waals surface area contributed by atoms with E-state index in [1.54, 1.807) is 6.20 Å². The average Bonchev–Trinajstić information content (AvgIpc) is 2.26. The summed E-state index contributed by atoms with van der Waals surface area (Å²) in [6, 6.07) is 1.70. The molecule has 1 aromatic heterocycles. The van der Waals surface area contributed by atoms with Gasteiger partial charge in [-0.2, -0.15) is 0 Å². The van der Waals surface area contributed by atoms with Crippen LogP contribution in [0.2, 0.25) is 0 Å². The number of aliphatic hydroxyl groups is 1. The molecule has 0 aromatic carbocycles. The van der Waals surface area contributed by atoms with E-state index in [1.165, 1.54) is 6.07 Å². The van der Waals surface area contributed by atoms with Crippen molar-refractivity contribution in [1.29, 1.82) is 0 Å². The molecule has 0 amide bonds. The van der Waals surface area contributed by atoms with Crippen molar-refractivity contribution >= 4 is 27.4 Å². The summed E-state index contributed by atoms with van der Waals surface area (Å²) in [5.41, 5.74) is -0.0234. The molecular formula is C11H14BrN3O3. The Morgan fingerprint density at radius 3 is 2.83 bits per heavy atom. The topological polar surface area (TPSA) is 79.5 Å². The Bertz CT molecular complexity index is 451. The van der Waals surface area contributed by atoms with Gasteiger partial charge in [0.05, 0.1) is 11.5 Å². The zero-order chi connectivity index (χ0) is 13.1. The standard InChI is InChI=1S/C11H14BrN3O3/c12-8-6-10(15(17)18)11(13-7-8)14(4-5-16)9-2-1-3-9/h6-7,9,16H,1-5H2. The van der Waals surface area contributed by atoms with Gasteiger partial charge in [0, 0.05) is 29.3 Å². The number of halogens is 1. The van der Waals surface area contributed by atoms with Crippen molar-refractivity contribution in [3.63, 3.8) is 0 Å². The molecule has 0 radical (unpaired) electrons. The van der Waals surface area contributed by atoms with Crippen LogP contribution in [0.1, 0.15) is 19.3 Å². The zero-order valence-electron chi connectivity index (χ0n) is 9.75. The van der Waals surface area contributed by atoms with Gasteiger partial charge in [-0.1, -0.05) is 0 Å². The van der Waals surface area contributed by atoms with E-state index in [9.17, 15) is 10.1 Å². The first kappa shape index (κ1) is 13.2. The summed E-state index contributed by atoms with van der Waals surface area (Å²) in [4.78, 5) is 16.6. The second-order valence-corrected chi connectivity index (χ2v) is 5.17. The van der Waals surface area contributed by atoms with Gasteiger partial charge >= 0.3 is 5.69 Å². The van der Waals surface area contributed by atoms with Crippen LogP contribution in [-0.4, -0.2) is 34.2 Å². The van der Waals surface area contributed by atoms with Gasteiger partial charge in [0.25, 0.3) is 0 Å². The van der Waals surface area contributed by atoms with Crippen LogP contribution in [0.5, 0.6) is 0 Å². The van der Waals surface area contributed by atoms with E-state index in [2.05, 4.69) is 20.9 Å². The van der Waals surface area contributed by atoms with Gasteiger partial charge in [0.2, 0.25) is 5.82 Å². The summed E-state index contributed by atoms with van der Waals surface area (Å²) in [6.07, 6.45) is 4.66. The van der Waals surface area contributed by atoms with Gasteiger partial charge in [0.1, 0.15) is 0 Å². The number of aromatic nitrogens is 1. The van der Waals surface area contributed by atoms with Crippen LogP contribution in [0.15, 0.2) is 16.7 Å². The van der Waals surface area contributed by atoms with Crippen LogP contribution in [-0.2, 0) is 0 Å². The minimum atomic E-state index is -0.434. The lowest BCUT2D eigenvalue weighted by molar-refractivity contribution is -0.384. The van der Waals surface area contributed by atoms with Gasteiger partial charge in [0.15, 0.2) is 0 Å². The lowest BCUT2D eigenvalue weighted by Gasteiger charge is -2.37. The molecule has 1 aromatic rings. The SMILES string of the molecule is O=[N+]([O-])c1cc(Br)cnc1N(CCO)C1CCC1. The summed E-state index contributed by atoms with van der Waals surface area (Å²) in [5, 5.41) is 20.2. The third kappa shape index (κ3) is 2.62. The molecule has 1 N–H and O–H groups in total. The highest BCUT2D eigenvalue weighted by molar-refractivity contribution is 9.10. The highest BCUT2D eigenvalue weighted by Crippen LogP contribution is 2.34. The second kappa shape index (κ2) is 5.62. The molecular weight excluding hydrogens is 302 g/mol. The molecule has 98 valence electrons. The van der Waals surface area contributed by atoms with E-state index in [-0.39, 0.29) is 18.3 Å². The summed E-state index contributed by atoms with van der Waals surface area (Å²) < 4.78 is 0.579. The first-order valence-corrected chi connectivity index (χ1v) is 6.60. The molecule has 0 atom stereocenters. The fraction of sp³-hybridized carbons (Fsp3) is 0.545. The van der Waals surface area contributed by atoms with Crippen molar-refractivity contribution in [3.05, 3.63) is 26.9 Å². The molecule has 18 heavy (non-hydrogen) atoms. The molecule has 1 aliphatic rings. The number of nitrogens with zero attached hydrogens (tertiary/aromatic N) is 3. The van der Waals surface area contributed by atoms with Gasteiger partial charge in [-0.25, -0.2) is 4.98 Å². The van der Waals surface area contributed by atoms with Crippen molar-refractivity contribution in [2.75, 3.05) is 18.1 Å². The monoisotopic (exact) mass is 315 g/mol. The maximum atomic E-state index is 11.1. The molecule has 0 unspecified atom stereocenters. The molecule has 0 bridgehead atoms. The first-order chi connectivity index (χ1) is 8.63. The average molecular weight is 316 g/mol. The smallest absolute Gasteiger partial charge is 0.312 e. The third-order valence-electron chi connectivity index (χ3n) is 3.14. The number of hydrogen-bond acceptors (Lipinski definition) is 5. The number of pyridine rings is 1. The number of aliphatic hydroxyl groups excluding tert-OH is 1. The van der Waals surface area contributed by atoms with Gasteiger partial charge in [-0.3, -0.25) is 10.1 Å². The van der Waals surface area contributed by atoms with Crippen LogP contribution < -0.4 is 4.90 Å². The van der Waals surface area contributed by atoms with Crippen molar-refractivity contribution in [2.45, 2.75) is 25.3 Å². The van der Waals surface area contributed by atoms with Gasteiger partial charge in [-0.05, 0) is 35.2 Å². The van der Waals surface area contributed by atoms with Crippen molar-refractivity contribution < 1.29 is 10.0 Å². The van der Waals surface area contributed by atoms with Gasteiger partial charge < -0.3 is 10.0 Å². The Labute approximate surface area is 113 Å². The summed E-state index contributed by atoms with van der Waals surface area (Å²) >= 11 is 3.19. The van der Waals surface area contributed by atoms with Crippen LogP contribution in [0.25, 0.3) is 0 Å². The third-order valence-corrected chi connectivity index (χ3v) is 3.57. The molecule has 2 rings (SSSR count). The Kier molecular flexibility index (Phi) is 4.13. The molecule has 1 fully saturated rings. The van der Waals surface area contributed by atoms with E-state index >= 15 is 0 Å². The minimum absolute atomic E-state index is 0.0234. The number of nitro groups is 1.